The number of hydrogen-bond donors (Lipinski definition) is 3. The molecule has 1 saturated heterocycles. The summed E-state index contributed by atoms with van der Waals surface area (Å²) in [5, 5.41) is 8.34. The molecule has 3 N–H and O–H groups in total. The van der Waals surface area contributed by atoms with Crippen LogP contribution in [0.15, 0.2) is 24.3 Å². The molecule has 0 aromatic heterocycles. The Labute approximate surface area is 155 Å². The first kappa shape index (κ1) is 20.0. The lowest BCUT2D eigenvalue weighted by molar-refractivity contribution is 0.138. The van der Waals surface area contributed by atoms with E-state index in [1.54, 1.807) is 31.2 Å². The molecule has 7 heteroatoms. The lowest BCUT2D eigenvalue weighted by Gasteiger charge is -2.35. The molecular weight excluding hydrogens is 332 g/mol. The van der Waals surface area contributed by atoms with Crippen LogP contribution >= 0.6 is 0 Å². The number of nitrogens with one attached hydrogen (secondary N) is 3. The molecule has 26 heavy (non-hydrogen) atoms. The minimum absolute atomic E-state index is 0.229. The lowest BCUT2D eigenvalue weighted by atomic mass is 9.99. The van der Waals surface area contributed by atoms with E-state index in [-0.39, 0.29) is 6.03 Å². The Balaban J connectivity index is 1.74. The van der Waals surface area contributed by atoms with Crippen molar-refractivity contribution in [2.45, 2.75) is 39.7 Å². The number of nitrogens with zero attached hydrogens (tertiary/aromatic N) is 1. The number of ether oxygens (including phenoxy) is 1. The molecule has 0 spiro atoms. The molecule has 0 aliphatic carbocycles. The summed E-state index contributed by atoms with van der Waals surface area (Å²) in [6.07, 6.45) is 2.02. The van der Waals surface area contributed by atoms with Gasteiger partial charge < -0.3 is 15.4 Å². The quantitative estimate of drug-likeness (QED) is 0.723. The number of hydrogen-bond acceptors (Lipinski definition) is 4. The molecule has 144 valence electrons. The van der Waals surface area contributed by atoms with Crippen molar-refractivity contribution < 1.29 is 14.3 Å². The summed E-state index contributed by atoms with van der Waals surface area (Å²) in [5.74, 6) is 0.724. The molecule has 0 saturated carbocycles. The predicted molar refractivity (Wildman–Crippen MR) is 104 cm³/mol. The molecule has 0 bridgehead atoms. The van der Waals surface area contributed by atoms with Crippen LogP contribution in [0.25, 0.3) is 0 Å². The van der Waals surface area contributed by atoms with Crippen LogP contribution < -0.4 is 16.0 Å². The summed E-state index contributed by atoms with van der Waals surface area (Å²) in [6, 6.07) is 6.98. The highest BCUT2D eigenvalue weighted by molar-refractivity contribution is 5.90. The van der Waals surface area contributed by atoms with Gasteiger partial charge >= 0.3 is 12.1 Å². The van der Waals surface area contributed by atoms with Gasteiger partial charge in [0.05, 0.1) is 6.61 Å². The first-order valence-corrected chi connectivity index (χ1v) is 9.30. The average molecular weight is 362 g/mol. The average Bonchev–Trinajstić information content (AvgIpc) is 2.61. The van der Waals surface area contributed by atoms with Crippen LogP contribution in [0.2, 0.25) is 0 Å². The van der Waals surface area contributed by atoms with Crippen molar-refractivity contribution in [3.05, 3.63) is 24.3 Å². The van der Waals surface area contributed by atoms with Gasteiger partial charge in [-0.25, -0.2) is 9.59 Å². The Bertz CT molecular complexity index is 591. The monoisotopic (exact) mass is 362 g/mol. The van der Waals surface area contributed by atoms with Gasteiger partial charge in [0, 0.05) is 30.5 Å². The Hall–Kier alpha value is -2.28. The normalized spacial score (nSPS) is 18.7. The highest BCUT2D eigenvalue weighted by atomic mass is 16.5. The zero-order valence-electron chi connectivity index (χ0n) is 15.9. The van der Waals surface area contributed by atoms with E-state index in [9.17, 15) is 9.59 Å². The molecule has 1 aliphatic heterocycles. The largest absolute Gasteiger partial charge is 0.450 e. The third kappa shape index (κ3) is 6.55. The number of piperidine rings is 1. The second-order valence-corrected chi connectivity index (χ2v) is 6.85. The van der Waals surface area contributed by atoms with Crippen molar-refractivity contribution in [1.29, 1.82) is 0 Å². The molecular formula is C19H30N4O3. The number of rotatable bonds is 6. The topological polar surface area (TPSA) is 82.7 Å². The van der Waals surface area contributed by atoms with E-state index < -0.39 is 6.09 Å². The van der Waals surface area contributed by atoms with Gasteiger partial charge in [0.15, 0.2) is 0 Å². The van der Waals surface area contributed by atoms with Crippen molar-refractivity contribution >= 4 is 23.5 Å². The maximum atomic E-state index is 12.1. The van der Waals surface area contributed by atoms with Crippen LogP contribution in [-0.4, -0.2) is 49.3 Å². The van der Waals surface area contributed by atoms with Crippen LogP contribution in [0.5, 0.6) is 0 Å². The van der Waals surface area contributed by atoms with Gasteiger partial charge in [-0.15, -0.1) is 0 Å². The summed E-state index contributed by atoms with van der Waals surface area (Å²) >= 11 is 0. The first-order valence-electron chi connectivity index (χ1n) is 9.30. The SMILES string of the molecule is CCOC(=O)Nc1ccc(NC(=O)NC[C@@H](C)N2CCC[C@@H](C)C2)cc1. The summed E-state index contributed by atoms with van der Waals surface area (Å²) in [7, 11) is 0. The fraction of sp³-hybridized carbons (Fsp3) is 0.579. The van der Waals surface area contributed by atoms with Gasteiger partial charge in [0.1, 0.15) is 0 Å². The van der Waals surface area contributed by atoms with E-state index in [4.69, 9.17) is 4.74 Å². The number of carbonyl (C=O) groups is 2. The molecule has 1 aliphatic rings. The highest BCUT2D eigenvalue weighted by Gasteiger charge is 2.21. The van der Waals surface area contributed by atoms with Crippen molar-refractivity contribution in [3.63, 3.8) is 0 Å². The second kappa shape index (κ2) is 10.0. The minimum atomic E-state index is -0.494. The smallest absolute Gasteiger partial charge is 0.411 e. The first-order chi connectivity index (χ1) is 12.5. The van der Waals surface area contributed by atoms with Crippen molar-refractivity contribution in [1.82, 2.24) is 10.2 Å². The van der Waals surface area contributed by atoms with E-state index in [2.05, 4.69) is 34.7 Å². The Morgan fingerprint density at radius 2 is 1.88 bits per heavy atom. The predicted octanol–water partition coefficient (Wildman–Crippen LogP) is 3.50. The zero-order chi connectivity index (χ0) is 18.9. The fourth-order valence-corrected chi connectivity index (χ4v) is 3.09. The number of carbonyl (C=O) groups excluding carboxylic acids is 2. The number of amides is 3. The van der Waals surface area contributed by atoms with Crippen molar-refractivity contribution in [2.75, 3.05) is 36.9 Å². The highest BCUT2D eigenvalue weighted by Crippen LogP contribution is 2.17. The van der Waals surface area contributed by atoms with E-state index in [0.717, 1.165) is 19.0 Å². The molecule has 2 rings (SSSR count). The molecule has 1 fully saturated rings. The van der Waals surface area contributed by atoms with Gasteiger partial charge in [0.2, 0.25) is 0 Å². The van der Waals surface area contributed by atoms with Crippen LogP contribution in [0.1, 0.15) is 33.6 Å². The van der Waals surface area contributed by atoms with Gasteiger partial charge in [-0.3, -0.25) is 10.2 Å². The number of anilines is 2. The van der Waals surface area contributed by atoms with Crippen LogP contribution in [0.4, 0.5) is 21.0 Å². The van der Waals surface area contributed by atoms with Crippen molar-refractivity contribution in [3.8, 4) is 0 Å². The lowest BCUT2D eigenvalue weighted by Crippen LogP contribution is -2.47. The molecule has 3 amide bonds. The van der Waals surface area contributed by atoms with E-state index in [0.29, 0.717) is 30.6 Å². The fourth-order valence-electron chi connectivity index (χ4n) is 3.09. The van der Waals surface area contributed by atoms with Crippen molar-refractivity contribution in [2.24, 2.45) is 5.92 Å². The maximum Gasteiger partial charge on any atom is 0.411 e. The van der Waals surface area contributed by atoms with Crippen LogP contribution in [0.3, 0.4) is 0 Å². The van der Waals surface area contributed by atoms with Crippen LogP contribution in [-0.2, 0) is 4.74 Å². The number of likely N-dealkylation sites (tertiary alicyclic amines) is 1. The summed E-state index contributed by atoms with van der Waals surface area (Å²) in [4.78, 5) is 25.9. The van der Waals surface area contributed by atoms with Crippen LogP contribution in [0, 0.1) is 5.92 Å². The second-order valence-electron chi connectivity index (χ2n) is 6.85. The van der Waals surface area contributed by atoms with Gasteiger partial charge in [-0.2, -0.15) is 0 Å². The molecule has 2 atom stereocenters. The van der Waals surface area contributed by atoms with Gasteiger partial charge in [-0.1, -0.05) is 6.92 Å². The Morgan fingerprint density at radius 1 is 1.23 bits per heavy atom. The van der Waals surface area contributed by atoms with E-state index in [1.165, 1.54) is 12.8 Å². The molecule has 7 nitrogen and oxygen atoms in total. The summed E-state index contributed by atoms with van der Waals surface area (Å²) in [6.45, 7) is 9.30. The van der Waals surface area contributed by atoms with E-state index >= 15 is 0 Å². The van der Waals surface area contributed by atoms with Gasteiger partial charge in [0.25, 0.3) is 0 Å². The maximum absolute atomic E-state index is 12.1. The standard InChI is InChI=1S/C19H30N4O3/c1-4-26-19(25)22-17-9-7-16(8-10-17)21-18(24)20-12-15(3)23-11-5-6-14(2)13-23/h7-10,14-15H,4-6,11-13H2,1-3H3,(H,22,25)(H2,20,21,24)/t14-,15-/m1/s1. The molecule has 1 aromatic carbocycles. The summed E-state index contributed by atoms with van der Waals surface area (Å²) in [5.41, 5.74) is 1.28. The number of urea groups is 1. The number of benzene rings is 1. The third-order valence-corrected chi connectivity index (χ3v) is 4.53. The third-order valence-electron chi connectivity index (χ3n) is 4.53. The Morgan fingerprint density at radius 3 is 2.50 bits per heavy atom. The zero-order valence-corrected chi connectivity index (χ0v) is 15.9. The molecule has 1 heterocycles. The minimum Gasteiger partial charge on any atom is -0.450 e. The van der Waals surface area contributed by atoms with Gasteiger partial charge in [-0.05, 0) is 63.4 Å². The molecule has 0 radical (unpaired) electrons. The Kier molecular flexibility index (Phi) is 7.72. The summed E-state index contributed by atoms with van der Waals surface area (Å²) < 4.78 is 4.82. The molecule has 0 unspecified atom stereocenters. The molecule has 1 aromatic rings. The van der Waals surface area contributed by atoms with E-state index in [1.807, 2.05) is 0 Å².